The summed E-state index contributed by atoms with van der Waals surface area (Å²) in [6.07, 6.45) is -0.462. The van der Waals surface area contributed by atoms with Gasteiger partial charge in [-0.3, -0.25) is 4.79 Å². The summed E-state index contributed by atoms with van der Waals surface area (Å²) in [4.78, 5) is 25.0. The molecule has 0 aliphatic carbocycles. The van der Waals surface area contributed by atoms with Gasteiger partial charge in [-0.05, 0) is 19.9 Å². The van der Waals surface area contributed by atoms with Crippen LogP contribution in [0.25, 0.3) is 0 Å². The van der Waals surface area contributed by atoms with Gasteiger partial charge in [0.2, 0.25) is 17.1 Å². The van der Waals surface area contributed by atoms with Crippen molar-refractivity contribution in [3.05, 3.63) is 74.9 Å². The van der Waals surface area contributed by atoms with E-state index in [1.165, 1.54) is 18.2 Å². The third kappa shape index (κ3) is 3.43. The molecule has 0 spiro atoms. The van der Waals surface area contributed by atoms with Crippen LogP contribution in [0.4, 0.5) is 4.39 Å². The molecule has 0 bridgehead atoms. The maximum atomic E-state index is 14.6. The molecule has 0 saturated heterocycles. The first-order chi connectivity index (χ1) is 12.8. The number of aliphatic hydroxyl groups excluding tert-OH is 1. The van der Waals surface area contributed by atoms with E-state index in [4.69, 9.17) is 19.6 Å². The number of aliphatic hydroxyl groups is 1. The highest BCUT2D eigenvalue weighted by Crippen LogP contribution is 2.42. The predicted octanol–water partition coefficient (Wildman–Crippen LogP) is 1.92. The molecule has 27 heavy (non-hydrogen) atoms. The Kier molecular flexibility index (Phi) is 5.00. The molecule has 3 rings (SSSR count). The minimum Gasteiger partial charge on any atom is -0.459 e. The van der Waals surface area contributed by atoms with Crippen molar-refractivity contribution in [2.24, 2.45) is 5.73 Å². The highest BCUT2D eigenvalue weighted by atomic mass is 19.1. The van der Waals surface area contributed by atoms with E-state index in [0.717, 1.165) is 6.07 Å². The van der Waals surface area contributed by atoms with Gasteiger partial charge in [0.15, 0.2) is 5.76 Å². The molecule has 0 unspecified atom stereocenters. The third-order valence-corrected chi connectivity index (χ3v) is 3.94. The molecule has 142 valence electrons. The Morgan fingerprint density at radius 2 is 2.07 bits per heavy atom. The van der Waals surface area contributed by atoms with E-state index in [2.05, 4.69) is 0 Å². The first kappa shape index (κ1) is 18.7. The monoisotopic (exact) mass is 375 g/mol. The zero-order valence-corrected chi connectivity index (χ0v) is 14.7. The van der Waals surface area contributed by atoms with E-state index in [0.29, 0.717) is 0 Å². The second kappa shape index (κ2) is 7.24. The molecular weight excluding hydrogens is 357 g/mol. The Morgan fingerprint density at radius 3 is 2.70 bits per heavy atom. The molecule has 1 atom stereocenters. The minimum atomic E-state index is -1.17. The average molecular weight is 375 g/mol. The number of hydrogen-bond acceptors (Lipinski definition) is 7. The molecule has 2 aromatic rings. The quantitative estimate of drug-likeness (QED) is 0.785. The third-order valence-electron chi connectivity index (χ3n) is 3.94. The molecule has 8 heteroatoms. The number of carbonyl (C=O) groups is 1. The molecule has 0 fully saturated rings. The number of esters is 1. The number of carbonyl (C=O) groups excluding carboxylic acids is 1. The fraction of sp³-hybridized carbons (Fsp3) is 0.263. The van der Waals surface area contributed by atoms with Crippen LogP contribution in [0.2, 0.25) is 0 Å². The summed E-state index contributed by atoms with van der Waals surface area (Å²) in [5.41, 5.74) is 5.16. The lowest BCUT2D eigenvalue weighted by atomic mass is 9.86. The van der Waals surface area contributed by atoms with Gasteiger partial charge in [-0.15, -0.1) is 0 Å². The molecule has 0 radical (unpaired) electrons. The summed E-state index contributed by atoms with van der Waals surface area (Å²) >= 11 is 0. The molecule has 1 aliphatic heterocycles. The van der Waals surface area contributed by atoms with Gasteiger partial charge < -0.3 is 24.7 Å². The van der Waals surface area contributed by atoms with Gasteiger partial charge in [0.1, 0.15) is 23.8 Å². The minimum absolute atomic E-state index is 0.0546. The highest BCUT2D eigenvalue weighted by molar-refractivity contribution is 5.92. The van der Waals surface area contributed by atoms with Crippen molar-refractivity contribution in [1.29, 1.82) is 0 Å². The fourth-order valence-electron chi connectivity index (χ4n) is 2.86. The first-order valence-corrected chi connectivity index (χ1v) is 8.24. The molecule has 2 heterocycles. The Balaban J connectivity index is 2.28. The normalized spacial score (nSPS) is 16.1. The van der Waals surface area contributed by atoms with Gasteiger partial charge in [0.25, 0.3) is 0 Å². The fourth-order valence-corrected chi connectivity index (χ4v) is 2.86. The van der Waals surface area contributed by atoms with E-state index < -0.39 is 35.8 Å². The average Bonchev–Trinajstić information content (AvgIpc) is 2.61. The second-order valence-electron chi connectivity index (χ2n) is 6.22. The van der Waals surface area contributed by atoms with Crippen LogP contribution < -0.4 is 15.9 Å². The predicted molar refractivity (Wildman–Crippen MR) is 92.2 cm³/mol. The van der Waals surface area contributed by atoms with Gasteiger partial charge in [-0.25, -0.2) is 9.18 Å². The summed E-state index contributed by atoms with van der Waals surface area (Å²) in [7, 11) is 0. The molecule has 7 nitrogen and oxygen atoms in total. The van der Waals surface area contributed by atoms with Gasteiger partial charge in [-0.1, -0.05) is 18.2 Å². The highest BCUT2D eigenvalue weighted by Gasteiger charge is 2.40. The van der Waals surface area contributed by atoms with Crippen LogP contribution in [0.15, 0.2) is 51.0 Å². The SMILES string of the molecule is CC(C)OC(=O)C1=C(N)Oc2c(oc(CO)cc2=O)[C@H]1c1ccccc1F. The summed E-state index contributed by atoms with van der Waals surface area (Å²) in [5, 5.41) is 9.35. The molecule has 1 aliphatic rings. The van der Waals surface area contributed by atoms with Gasteiger partial charge in [0.05, 0.1) is 12.0 Å². The Labute approximate surface area is 153 Å². The Hall–Kier alpha value is -3.13. The molecule has 0 saturated carbocycles. The summed E-state index contributed by atoms with van der Waals surface area (Å²) in [6.45, 7) is 2.74. The van der Waals surface area contributed by atoms with Crippen molar-refractivity contribution >= 4 is 5.97 Å². The number of benzene rings is 1. The standard InChI is InChI=1S/C19H18FNO6/c1-9(2)25-19(24)15-14(11-5-3-4-6-12(11)20)17-16(27-18(15)21)13(23)7-10(8-22)26-17/h3-7,9,14,22H,8,21H2,1-2H3/t14-/m0/s1. The molecule has 3 N–H and O–H groups in total. The zero-order valence-electron chi connectivity index (χ0n) is 14.7. The smallest absolute Gasteiger partial charge is 0.340 e. The van der Waals surface area contributed by atoms with Crippen LogP contribution >= 0.6 is 0 Å². The molecule has 1 aromatic carbocycles. The number of hydrogen-bond donors (Lipinski definition) is 2. The largest absolute Gasteiger partial charge is 0.459 e. The van der Waals surface area contributed by atoms with Gasteiger partial charge in [-0.2, -0.15) is 0 Å². The van der Waals surface area contributed by atoms with Crippen LogP contribution in [-0.4, -0.2) is 17.2 Å². The molecule has 0 amide bonds. The number of halogens is 1. The summed E-state index contributed by atoms with van der Waals surface area (Å²) in [6, 6.07) is 6.75. The summed E-state index contributed by atoms with van der Waals surface area (Å²) in [5.74, 6) is -3.43. The van der Waals surface area contributed by atoms with E-state index in [-0.39, 0.29) is 34.3 Å². The number of fused-ring (bicyclic) bond motifs is 1. The van der Waals surface area contributed by atoms with E-state index in [1.54, 1.807) is 19.9 Å². The van der Waals surface area contributed by atoms with Crippen LogP contribution in [-0.2, 0) is 16.1 Å². The van der Waals surface area contributed by atoms with Gasteiger partial charge >= 0.3 is 5.97 Å². The van der Waals surface area contributed by atoms with E-state index in [9.17, 15) is 19.1 Å². The molecular formula is C19H18FNO6. The summed E-state index contributed by atoms with van der Waals surface area (Å²) < 4.78 is 30.6. The maximum absolute atomic E-state index is 14.6. The Morgan fingerprint density at radius 1 is 1.37 bits per heavy atom. The number of nitrogens with two attached hydrogens (primary N) is 1. The van der Waals surface area contributed by atoms with E-state index >= 15 is 0 Å². The maximum Gasteiger partial charge on any atom is 0.340 e. The van der Waals surface area contributed by atoms with Crippen molar-refractivity contribution in [3.8, 4) is 5.75 Å². The lowest BCUT2D eigenvalue weighted by Gasteiger charge is -2.27. The van der Waals surface area contributed by atoms with Crippen molar-refractivity contribution < 1.29 is 28.2 Å². The lowest BCUT2D eigenvalue weighted by Crippen LogP contribution is -2.31. The van der Waals surface area contributed by atoms with Crippen LogP contribution in [0, 0.1) is 5.82 Å². The van der Waals surface area contributed by atoms with Crippen LogP contribution in [0.3, 0.4) is 0 Å². The van der Waals surface area contributed by atoms with Crippen LogP contribution in [0.1, 0.15) is 36.8 Å². The number of ether oxygens (including phenoxy) is 2. The van der Waals surface area contributed by atoms with Gasteiger partial charge in [0, 0.05) is 11.6 Å². The number of rotatable bonds is 4. The van der Waals surface area contributed by atoms with Crippen molar-refractivity contribution in [2.45, 2.75) is 32.5 Å². The van der Waals surface area contributed by atoms with Crippen molar-refractivity contribution in [3.63, 3.8) is 0 Å². The van der Waals surface area contributed by atoms with Crippen LogP contribution in [0.5, 0.6) is 5.75 Å². The van der Waals surface area contributed by atoms with E-state index in [1.807, 2.05) is 0 Å². The molecule has 1 aromatic heterocycles. The topological polar surface area (TPSA) is 112 Å². The first-order valence-electron chi connectivity index (χ1n) is 8.24. The second-order valence-corrected chi connectivity index (χ2v) is 6.22. The zero-order chi connectivity index (χ0) is 19.7. The Bertz CT molecular complexity index is 978. The van der Waals surface area contributed by atoms with Crippen molar-refractivity contribution in [2.75, 3.05) is 0 Å². The lowest BCUT2D eigenvalue weighted by molar-refractivity contribution is -0.143. The van der Waals surface area contributed by atoms with Crippen molar-refractivity contribution in [1.82, 2.24) is 0 Å².